The second-order valence-electron chi connectivity index (χ2n) is 8.13. The molecular weight excluding hydrogens is 220 g/mol. The van der Waals surface area contributed by atoms with Crippen LogP contribution in [0.1, 0.15) is 60.3 Å². The first kappa shape index (κ1) is 14.3. The summed E-state index contributed by atoms with van der Waals surface area (Å²) in [4.78, 5) is 2.76. The van der Waals surface area contributed by atoms with Gasteiger partial charge in [-0.1, -0.05) is 27.7 Å². The lowest BCUT2D eigenvalue weighted by Gasteiger charge is -2.53. The van der Waals surface area contributed by atoms with Crippen LogP contribution in [0.5, 0.6) is 0 Å². The molecule has 0 aromatic carbocycles. The van der Waals surface area contributed by atoms with E-state index in [4.69, 9.17) is 5.73 Å². The first-order valence-corrected chi connectivity index (χ1v) is 7.75. The minimum absolute atomic E-state index is 0.269. The Labute approximate surface area is 113 Å². The average Bonchev–Trinajstić information content (AvgIpc) is 2.55. The molecule has 0 bridgehead atoms. The zero-order valence-electron chi connectivity index (χ0n) is 13.0. The standard InChI is InChI=1S/C16H32N2/c1-12-6-14(3)18(9-12)16(11-17)8-13(2)7-15(4,5)10-16/h12-14H,6-11,17H2,1-5H3. The molecule has 106 valence electrons. The molecule has 0 radical (unpaired) electrons. The number of hydrogen-bond donors (Lipinski definition) is 1. The molecule has 1 aliphatic carbocycles. The lowest BCUT2D eigenvalue weighted by atomic mass is 9.63. The van der Waals surface area contributed by atoms with E-state index in [0.29, 0.717) is 11.5 Å². The van der Waals surface area contributed by atoms with Crippen molar-refractivity contribution in [1.29, 1.82) is 0 Å². The van der Waals surface area contributed by atoms with Gasteiger partial charge in [-0.15, -0.1) is 0 Å². The number of nitrogens with two attached hydrogens (primary N) is 1. The predicted octanol–water partition coefficient (Wildman–Crippen LogP) is 3.26. The van der Waals surface area contributed by atoms with Gasteiger partial charge in [-0.25, -0.2) is 0 Å². The molecule has 1 saturated carbocycles. The van der Waals surface area contributed by atoms with Gasteiger partial charge in [-0.05, 0) is 49.9 Å². The highest BCUT2D eigenvalue weighted by molar-refractivity contribution is 5.04. The third kappa shape index (κ3) is 2.60. The zero-order chi connectivity index (χ0) is 13.6. The van der Waals surface area contributed by atoms with Crippen molar-refractivity contribution in [1.82, 2.24) is 4.90 Å². The molecule has 18 heavy (non-hydrogen) atoms. The van der Waals surface area contributed by atoms with Gasteiger partial charge in [0.25, 0.3) is 0 Å². The minimum Gasteiger partial charge on any atom is -0.329 e. The van der Waals surface area contributed by atoms with Crippen molar-refractivity contribution in [3.05, 3.63) is 0 Å². The molecule has 0 spiro atoms. The fourth-order valence-corrected chi connectivity index (χ4v) is 5.15. The summed E-state index contributed by atoms with van der Waals surface area (Å²) in [5.41, 5.74) is 6.98. The summed E-state index contributed by atoms with van der Waals surface area (Å²) in [6.07, 6.45) is 5.27. The van der Waals surface area contributed by atoms with Crippen molar-refractivity contribution in [3.63, 3.8) is 0 Å². The summed E-state index contributed by atoms with van der Waals surface area (Å²) >= 11 is 0. The van der Waals surface area contributed by atoms with Crippen LogP contribution >= 0.6 is 0 Å². The summed E-state index contributed by atoms with van der Waals surface area (Å²) < 4.78 is 0. The van der Waals surface area contributed by atoms with Gasteiger partial charge in [-0.3, -0.25) is 4.90 Å². The van der Waals surface area contributed by atoms with Crippen LogP contribution in [0, 0.1) is 17.3 Å². The highest BCUT2D eigenvalue weighted by Gasteiger charge is 2.48. The largest absolute Gasteiger partial charge is 0.329 e. The van der Waals surface area contributed by atoms with Crippen LogP contribution < -0.4 is 5.73 Å². The first-order chi connectivity index (χ1) is 8.28. The monoisotopic (exact) mass is 252 g/mol. The van der Waals surface area contributed by atoms with Gasteiger partial charge in [-0.2, -0.15) is 0 Å². The van der Waals surface area contributed by atoms with E-state index in [9.17, 15) is 0 Å². The Morgan fingerprint density at radius 2 is 1.78 bits per heavy atom. The van der Waals surface area contributed by atoms with Gasteiger partial charge >= 0.3 is 0 Å². The highest BCUT2D eigenvalue weighted by atomic mass is 15.3. The summed E-state index contributed by atoms with van der Waals surface area (Å²) in [6, 6.07) is 0.713. The van der Waals surface area contributed by atoms with Crippen molar-refractivity contribution < 1.29 is 0 Å². The van der Waals surface area contributed by atoms with Gasteiger partial charge < -0.3 is 5.73 Å². The Hall–Kier alpha value is -0.0800. The Morgan fingerprint density at radius 3 is 2.22 bits per heavy atom. The fraction of sp³-hybridized carbons (Fsp3) is 1.00. The van der Waals surface area contributed by atoms with E-state index in [2.05, 4.69) is 39.5 Å². The third-order valence-electron chi connectivity index (χ3n) is 5.21. The van der Waals surface area contributed by atoms with E-state index < -0.39 is 0 Å². The minimum atomic E-state index is 0.269. The molecular formula is C16H32N2. The second kappa shape index (κ2) is 4.79. The molecule has 2 fully saturated rings. The van der Waals surface area contributed by atoms with Crippen LogP contribution in [0.25, 0.3) is 0 Å². The maximum atomic E-state index is 6.27. The SMILES string of the molecule is CC1CC(C)N(C2(CN)CC(C)CC(C)(C)C2)C1. The highest BCUT2D eigenvalue weighted by Crippen LogP contribution is 2.48. The topological polar surface area (TPSA) is 29.3 Å². The third-order valence-corrected chi connectivity index (χ3v) is 5.21. The van der Waals surface area contributed by atoms with E-state index in [0.717, 1.165) is 18.4 Å². The van der Waals surface area contributed by atoms with Crippen LogP contribution in [-0.4, -0.2) is 29.6 Å². The summed E-state index contributed by atoms with van der Waals surface area (Å²) in [5, 5.41) is 0. The van der Waals surface area contributed by atoms with Gasteiger partial charge in [0.1, 0.15) is 0 Å². The van der Waals surface area contributed by atoms with Gasteiger partial charge in [0.2, 0.25) is 0 Å². The van der Waals surface area contributed by atoms with Crippen molar-refractivity contribution in [2.75, 3.05) is 13.1 Å². The summed E-state index contributed by atoms with van der Waals surface area (Å²) in [6.45, 7) is 14.1. The van der Waals surface area contributed by atoms with Gasteiger partial charge in [0.05, 0.1) is 0 Å². The maximum absolute atomic E-state index is 6.27. The molecule has 0 aromatic rings. The second-order valence-corrected chi connectivity index (χ2v) is 8.13. The van der Waals surface area contributed by atoms with Crippen LogP contribution in [0.3, 0.4) is 0 Å². The van der Waals surface area contributed by atoms with Crippen molar-refractivity contribution in [3.8, 4) is 0 Å². The molecule has 2 heteroatoms. The fourth-order valence-electron chi connectivity index (χ4n) is 5.15. The van der Waals surface area contributed by atoms with Crippen molar-refractivity contribution in [2.24, 2.45) is 23.0 Å². The number of hydrogen-bond acceptors (Lipinski definition) is 2. The quantitative estimate of drug-likeness (QED) is 0.817. The molecule has 0 aromatic heterocycles. The van der Waals surface area contributed by atoms with Crippen molar-refractivity contribution in [2.45, 2.75) is 71.9 Å². The number of rotatable bonds is 2. The lowest BCUT2D eigenvalue weighted by Crippen LogP contribution is -2.60. The van der Waals surface area contributed by atoms with Crippen LogP contribution in [0.15, 0.2) is 0 Å². The number of likely N-dealkylation sites (tertiary alicyclic amines) is 1. The molecule has 2 rings (SSSR count). The molecule has 0 amide bonds. The van der Waals surface area contributed by atoms with E-state index >= 15 is 0 Å². The smallest absolute Gasteiger partial charge is 0.0342 e. The Balaban J connectivity index is 2.24. The zero-order valence-corrected chi connectivity index (χ0v) is 13.0. The molecule has 2 aliphatic rings. The molecule has 4 unspecified atom stereocenters. The van der Waals surface area contributed by atoms with Crippen molar-refractivity contribution >= 4 is 0 Å². The molecule has 2 N–H and O–H groups in total. The average molecular weight is 252 g/mol. The lowest BCUT2D eigenvalue weighted by molar-refractivity contribution is -0.0169. The molecule has 1 saturated heterocycles. The summed E-state index contributed by atoms with van der Waals surface area (Å²) in [5.74, 6) is 1.64. The molecule has 1 aliphatic heterocycles. The number of nitrogens with zero attached hydrogens (tertiary/aromatic N) is 1. The first-order valence-electron chi connectivity index (χ1n) is 7.75. The van der Waals surface area contributed by atoms with Gasteiger partial charge in [0.15, 0.2) is 0 Å². The van der Waals surface area contributed by atoms with Crippen LogP contribution in [0.4, 0.5) is 0 Å². The molecule has 1 heterocycles. The van der Waals surface area contributed by atoms with Crippen LogP contribution in [-0.2, 0) is 0 Å². The maximum Gasteiger partial charge on any atom is 0.0342 e. The Kier molecular flexibility index (Phi) is 3.81. The molecule has 4 atom stereocenters. The van der Waals surface area contributed by atoms with E-state index in [1.807, 2.05) is 0 Å². The van der Waals surface area contributed by atoms with E-state index in [1.165, 1.54) is 32.2 Å². The van der Waals surface area contributed by atoms with E-state index in [-0.39, 0.29) is 5.54 Å². The predicted molar refractivity (Wildman–Crippen MR) is 78.5 cm³/mol. The Morgan fingerprint density at radius 1 is 1.11 bits per heavy atom. The summed E-state index contributed by atoms with van der Waals surface area (Å²) in [7, 11) is 0. The van der Waals surface area contributed by atoms with Crippen LogP contribution in [0.2, 0.25) is 0 Å². The Bertz CT molecular complexity index is 299. The molecule has 2 nitrogen and oxygen atoms in total. The normalized spacial score (nSPS) is 45.3. The van der Waals surface area contributed by atoms with E-state index in [1.54, 1.807) is 0 Å². The van der Waals surface area contributed by atoms with Gasteiger partial charge in [0, 0.05) is 24.7 Å².